The van der Waals surface area contributed by atoms with E-state index in [1.54, 1.807) is 31.4 Å². The van der Waals surface area contributed by atoms with E-state index in [1.165, 1.54) is 43.4 Å². The van der Waals surface area contributed by atoms with Gasteiger partial charge in [-0.2, -0.15) is 0 Å². The maximum absolute atomic E-state index is 12.1. The van der Waals surface area contributed by atoms with Crippen LogP contribution in [-0.4, -0.2) is 24.4 Å². The van der Waals surface area contributed by atoms with Gasteiger partial charge in [-0.05, 0) is 55.2 Å². The molecule has 2 aromatic rings. The van der Waals surface area contributed by atoms with Crippen molar-refractivity contribution in [3.05, 3.63) is 54.1 Å². The number of benzene rings is 2. The Labute approximate surface area is 173 Å². The van der Waals surface area contributed by atoms with Gasteiger partial charge < -0.3 is 15.2 Å². The van der Waals surface area contributed by atoms with Gasteiger partial charge in [0.15, 0.2) is 0 Å². The Morgan fingerprint density at radius 2 is 1.83 bits per heavy atom. The van der Waals surface area contributed by atoms with Crippen molar-refractivity contribution in [3.8, 4) is 5.75 Å². The molecule has 2 N–H and O–H groups in total. The molecule has 1 saturated carbocycles. The summed E-state index contributed by atoms with van der Waals surface area (Å²) < 4.78 is 5.19. The number of amides is 1. The molecule has 0 aliphatic heterocycles. The van der Waals surface area contributed by atoms with Gasteiger partial charge in [0.1, 0.15) is 5.75 Å². The Balaban J connectivity index is 1.72. The molecule has 1 aliphatic carbocycles. The first-order valence-corrected chi connectivity index (χ1v) is 10.6. The highest BCUT2D eigenvalue weighted by atomic mass is 16.5. The first-order valence-electron chi connectivity index (χ1n) is 10.6. The topological polar surface area (TPSA) is 61.8 Å². The number of ether oxygens (including phenoxy) is 1. The summed E-state index contributed by atoms with van der Waals surface area (Å²) in [5.41, 5.74) is 2.25. The van der Waals surface area contributed by atoms with Crippen molar-refractivity contribution in [1.29, 1.82) is 0 Å². The van der Waals surface area contributed by atoms with Crippen molar-refractivity contribution in [3.63, 3.8) is 0 Å². The van der Waals surface area contributed by atoms with Crippen LogP contribution < -0.4 is 15.0 Å². The molecule has 1 fully saturated rings. The molecule has 156 valence electrons. The van der Waals surface area contributed by atoms with Gasteiger partial charge in [-0.15, -0.1) is 0 Å². The molecule has 1 unspecified atom stereocenters. The van der Waals surface area contributed by atoms with E-state index >= 15 is 0 Å². The zero-order chi connectivity index (χ0) is 20.6. The van der Waals surface area contributed by atoms with Crippen LogP contribution in [0.2, 0.25) is 0 Å². The number of nitrogens with zero attached hydrogens (tertiary/aromatic N) is 1. The summed E-state index contributed by atoms with van der Waals surface area (Å²) in [7, 11) is 1.60. The molecule has 0 saturated heterocycles. The van der Waals surface area contributed by atoms with Crippen molar-refractivity contribution in [2.75, 3.05) is 12.0 Å². The predicted molar refractivity (Wildman–Crippen MR) is 117 cm³/mol. The molecule has 1 aliphatic rings. The van der Waals surface area contributed by atoms with Crippen LogP contribution in [0.3, 0.4) is 0 Å². The molecule has 0 radical (unpaired) electrons. The van der Waals surface area contributed by atoms with E-state index in [4.69, 9.17) is 4.74 Å². The molecular formula is C24H32N2O3. The third-order valence-corrected chi connectivity index (χ3v) is 5.81. The Hall–Kier alpha value is -2.53. The Bertz CT molecular complexity index is 785. The van der Waals surface area contributed by atoms with E-state index in [2.05, 4.69) is 12.2 Å². The Morgan fingerprint density at radius 3 is 2.48 bits per heavy atom. The summed E-state index contributed by atoms with van der Waals surface area (Å²) in [6.45, 7) is 2.87. The lowest BCUT2D eigenvalue weighted by atomic mass is 9.85. The second kappa shape index (κ2) is 10.3. The van der Waals surface area contributed by atoms with E-state index in [-0.39, 0.29) is 0 Å². The van der Waals surface area contributed by atoms with Gasteiger partial charge in [0, 0.05) is 12.6 Å². The highest BCUT2D eigenvalue weighted by Crippen LogP contribution is 2.31. The van der Waals surface area contributed by atoms with Crippen molar-refractivity contribution in [1.82, 2.24) is 5.32 Å². The molecule has 0 heterocycles. The minimum Gasteiger partial charge on any atom is -0.497 e. The van der Waals surface area contributed by atoms with Crippen LogP contribution in [-0.2, 0) is 6.54 Å². The summed E-state index contributed by atoms with van der Waals surface area (Å²) in [6, 6.07) is 15.2. The number of rotatable bonds is 8. The van der Waals surface area contributed by atoms with Crippen molar-refractivity contribution >= 4 is 17.5 Å². The lowest BCUT2D eigenvalue weighted by Gasteiger charge is -2.26. The van der Waals surface area contributed by atoms with Gasteiger partial charge in [-0.3, -0.25) is 0 Å². The zero-order valence-electron chi connectivity index (χ0n) is 17.4. The molecule has 5 nitrogen and oxygen atoms in total. The summed E-state index contributed by atoms with van der Waals surface area (Å²) in [4.78, 5) is 13.4. The maximum Gasteiger partial charge on any atom is 0.416 e. The van der Waals surface area contributed by atoms with Gasteiger partial charge in [-0.25, -0.2) is 9.69 Å². The molecule has 5 heteroatoms. The van der Waals surface area contributed by atoms with E-state index < -0.39 is 6.09 Å². The first kappa shape index (κ1) is 21.2. The Kier molecular flexibility index (Phi) is 7.53. The lowest BCUT2D eigenvalue weighted by Crippen LogP contribution is -2.30. The maximum atomic E-state index is 12.1. The van der Waals surface area contributed by atoms with Crippen molar-refractivity contribution in [2.45, 2.75) is 58.0 Å². The summed E-state index contributed by atoms with van der Waals surface area (Å²) >= 11 is 0. The van der Waals surface area contributed by atoms with Crippen LogP contribution in [0, 0.1) is 5.92 Å². The van der Waals surface area contributed by atoms with Crippen LogP contribution in [0.15, 0.2) is 48.5 Å². The lowest BCUT2D eigenvalue weighted by molar-refractivity contribution is 0.204. The predicted octanol–water partition coefficient (Wildman–Crippen LogP) is 5.96. The molecule has 1 atom stereocenters. The smallest absolute Gasteiger partial charge is 0.416 e. The fourth-order valence-corrected chi connectivity index (χ4v) is 4.25. The molecule has 0 aromatic heterocycles. The number of hydrogen-bond donors (Lipinski definition) is 2. The largest absolute Gasteiger partial charge is 0.497 e. The third kappa shape index (κ3) is 5.73. The Morgan fingerprint density at radius 1 is 1.14 bits per heavy atom. The first-order chi connectivity index (χ1) is 14.1. The van der Waals surface area contributed by atoms with Gasteiger partial charge >= 0.3 is 6.09 Å². The van der Waals surface area contributed by atoms with Gasteiger partial charge in [-0.1, -0.05) is 50.3 Å². The van der Waals surface area contributed by atoms with E-state index in [0.29, 0.717) is 29.7 Å². The number of hydrogen-bond acceptors (Lipinski definition) is 3. The molecular weight excluding hydrogens is 364 g/mol. The summed E-state index contributed by atoms with van der Waals surface area (Å²) in [5, 5.41) is 13.5. The van der Waals surface area contributed by atoms with E-state index in [0.717, 1.165) is 11.5 Å². The van der Waals surface area contributed by atoms with Gasteiger partial charge in [0.05, 0.1) is 18.5 Å². The van der Waals surface area contributed by atoms with E-state index in [9.17, 15) is 9.90 Å². The average Bonchev–Trinajstić information content (AvgIpc) is 2.74. The van der Waals surface area contributed by atoms with Crippen LogP contribution in [0.5, 0.6) is 5.75 Å². The highest BCUT2D eigenvalue weighted by molar-refractivity contribution is 5.95. The summed E-state index contributed by atoms with van der Waals surface area (Å²) in [5.74, 6) is 1.52. The normalized spacial score (nSPS) is 15.7. The zero-order valence-corrected chi connectivity index (χ0v) is 17.4. The standard InChI is InChI=1S/C24H32N2O3/c1-18(16-19-8-4-3-5-9-19)25-17-20-10-6-7-11-23(20)26(24(27)28)21-12-14-22(29-2)15-13-21/h6-7,10-15,18-19,25H,3-5,8-9,16-17H2,1-2H3,(H,27,28). The minimum atomic E-state index is -1.00. The van der Waals surface area contributed by atoms with E-state index in [1.807, 2.05) is 24.3 Å². The second-order valence-electron chi connectivity index (χ2n) is 7.97. The van der Waals surface area contributed by atoms with Crippen LogP contribution in [0.1, 0.15) is 51.0 Å². The molecule has 0 bridgehead atoms. The van der Waals surface area contributed by atoms with Crippen LogP contribution >= 0.6 is 0 Å². The number of nitrogens with one attached hydrogen (secondary N) is 1. The van der Waals surface area contributed by atoms with Crippen molar-refractivity contribution in [2.24, 2.45) is 5.92 Å². The van der Waals surface area contributed by atoms with Crippen LogP contribution in [0.25, 0.3) is 0 Å². The van der Waals surface area contributed by atoms with Crippen LogP contribution in [0.4, 0.5) is 16.2 Å². The number of carboxylic acid groups (broad SMARTS) is 1. The van der Waals surface area contributed by atoms with Gasteiger partial charge in [0.25, 0.3) is 0 Å². The monoisotopic (exact) mass is 396 g/mol. The molecule has 29 heavy (non-hydrogen) atoms. The fraction of sp³-hybridized carbons (Fsp3) is 0.458. The number of para-hydroxylation sites is 1. The minimum absolute atomic E-state index is 0.408. The number of carbonyl (C=O) groups is 1. The van der Waals surface area contributed by atoms with Gasteiger partial charge in [0.2, 0.25) is 0 Å². The SMILES string of the molecule is COc1ccc(N(C(=O)O)c2ccccc2CNC(C)CC2CCCCC2)cc1. The average molecular weight is 397 g/mol. The molecule has 0 spiro atoms. The number of methoxy groups -OCH3 is 1. The highest BCUT2D eigenvalue weighted by Gasteiger charge is 2.21. The fourth-order valence-electron chi connectivity index (χ4n) is 4.25. The third-order valence-electron chi connectivity index (χ3n) is 5.81. The quantitative estimate of drug-likeness (QED) is 0.578. The molecule has 3 rings (SSSR count). The second-order valence-corrected chi connectivity index (χ2v) is 7.97. The van der Waals surface area contributed by atoms with Crippen molar-refractivity contribution < 1.29 is 14.6 Å². The summed E-state index contributed by atoms with van der Waals surface area (Å²) in [6.07, 6.45) is 6.95. The molecule has 1 amide bonds. The molecule has 2 aromatic carbocycles. The number of anilines is 2.